The van der Waals surface area contributed by atoms with Crippen molar-refractivity contribution >= 4 is 0 Å². The van der Waals surface area contributed by atoms with Crippen LogP contribution in [0, 0.1) is 27.7 Å². The first-order valence-corrected chi connectivity index (χ1v) is 9.97. The van der Waals surface area contributed by atoms with E-state index in [9.17, 15) is 0 Å². The lowest BCUT2D eigenvalue weighted by molar-refractivity contribution is 0.318. The lowest BCUT2D eigenvalue weighted by atomic mass is 10.2. The molecule has 0 amide bonds. The van der Waals surface area contributed by atoms with Crippen LogP contribution in [0.5, 0.6) is 11.5 Å². The van der Waals surface area contributed by atoms with Crippen molar-refractivity contribution in [1.82, 2.24) is 19.6 Å². The van der Waals surface area contributed by atoms with Crippen LogP contribution < -0.4 is 4.74 Å². The molecule has 2 heterocycles. The number of benzene rings is 2. The van der Waals surface area contributed by atoms with Gasteiger partial charge in [0.15, 0.2) is 0 Å². The summed E-state index contributed by atoms with van der Waals surface area (Å²) >= 11 is 0. The van der Waals surface area contributed by atoms with Gasteiger partial charge in [0, 0.05) is 30.1 Å². The molecule has 2 aromatic carbocycles. The Bertz CT molecular complexity index is 1040. The van der Waals surface area contributed by atoms with Crippen molar-refractivity contribution in [2.24, 2.45) is 0 Å². The zero-order valence-electron chi connectivity index (χ0n) is 18.1. The van der Waals surface area contributed by atoms with Gasteiger partial charge in [0.05, 0.1) is 22.8 Å². The number of hydrogen-bond acceptors (Lipinski definition) is 4. The molecule has 0 radical (unpaired) electrons. The van der Waals surface area contributed by atoms with E-state index in [4.69, 9.17) is 9.84 Å². The van der Waals surface area contributed by atoms with E-state index < -0.39 is 0 Å². The van der Waals surface area contributed by atoms with Crippen LogP contribution >= 0.6 is 0 Å². The Hall–Kier alpha value is -3.38. The van der Waals surface area contributed by atoms with Crippen molar-refractivity contribution in [3.8, 4) is 22.9 Å². The average molecular weight is 405 g/mol. The van der Waals surface area contributed by atoms with Gasteiger partial charge < -0.3 is 9.84 Å². The molecule has 4 rings (SSSR count). The maximum Gasteiger partial charge on any atom is 0.129 e. The highest BCUT2D eigenvalue weighted by molar-refractivity contribution is 5.45. The number of rotatable bonds is 4. The second kappa shape index (κ2) is 9.41. The van der Waals surface area contributed by atoms with E-state index >= 15 is 0 Å². The molecule has 0 aliphatic rings. The van der Waals surface area contributed by atoms with Crippen LogP contribution in [0.2, 0.25) is 0 Å². The molecule has 0 fully saturated rings. The summed E-state index contributed by atoms with van der Waals surface area (Å²) in [5.41, 5.74) is 6.14. The Morgan fingerprint density at radius 1 is 0.733 bits per heavy atom. The molecule has 0 atom stereocenters. The van der Waals surface area contributed by atoms with Crippen LogP contribution in [-0.2, 0) is 0 Å². The number of aryl methyl sites for hydroxylation is 4. The van der Waals surface area contributed by atoms with Crippen LogP contribution in [0.15, 0.2) is 60.7 Å². The van der Waals surface area contributed by atoms with Gasteiger partial charge in [0.1, 0.15) is 11.5 Å². The predicted molar refractivity (Wildman–Crippen MR) is 119 cm³/mol. The molecular formula is C24H28N4O2. The molecule has 0 saturated heterocycles. The lowest BCUT2D eigenvalue weighted by Crippen LogP contribution is -2.00. The Kier molecular flexibility index (Phi) is 6.69. The second-order valence-electron chi connectivity index (χ2n) is 7.09. The number of aliphatic hydroxyl groups excluding tert-OH is 1. The van der Waals surface area contributed by atoms with Crippen LogP contribution in [0.3, 0.4) is 0 Å². The fourth-order valence-corrected chi connectivity index (χ4v) is 3.27. The van der Waals surface area contributed by atoms with Gasteiger partial charge in [-0.3, -0.25) is 0 Å². The van der Waals surface area contributed by atoms with E-state index in [1.807, 2.05) is 85.6 Å². The van der Waals surface area contributed by atoms with E-state index in [1.165, 1.54) is 0 Å². The first kappa shape index (κ1) is 21.3. The molecule has 0 aliphatic carbocycles. The third kappa shape index (κ3) is 4.96. The highest BCUT2D eigenvalue weighted by Gasteiger charge is 2.08. The van der Waals surface area contributed by atoms with E-state index in [-0.39, 0.29) is 6.61 Å². The molecule has 0 spiro atoms. The third-order valence-corrected chi connectivity index (χ3v) is 4.38. The van der Waals surface area contributed by atoms with Gasteiger partial charge in [-0.15, -0.1) is 0 Å². The Balaban J connectivity index is 0.000000806. The largest absolute Gasteiger partial charge is 0.457 e. The lowest BCUT2D eigenvalue weighted by Gasteiger charge is -2.11. The summed E-state index contributed by atoms with van der Waals surface area (Å²) in [6.45, 7) is 10.0. The number of hydrogen-bond donors (Lipinski definition) is 1. The normalized spacial score (nSPS) is 10.5. The third-order valence-electron chi connectivity index (χ3n) is 4.38. The minimum atomic E-state index is 0.250. The molecule has 0 saturated carbocycles. The predicted octanol–water partition coefficient (Wildman–Crippen LogP) is 5.08. The van der Waals surface area contributed by atoms with Crippen LogP contribution in [-0.4, -0.2) is 31.3 Å². The van der Waals surface area contributed by atoms with E-state index in [0.717, 1.165) is 45.6 Å². The number of nitrogens with zero attached hydrogens (tertiary/aromatic N) is 4. The summed E-state index contributed by atoms with van der Waals surface area (Å²) in [6, 6.07) is 20.0. The van der Waals surface area contributed by atoms with Gasteiger partial charge in [0.2, 0.25) is 0 Å². The minimum absolute atomic E-state index is 0.250. The zero-order valence-corrected chi connectivity index (χ0v) is 18.1. The average Bonchev–Trinajstić information content (AvgIpc) is 3.23. The molecular weight excluding hydrogens is 376 g/mol. The Morgan fingerprint density at radius 3 is 1.47 bits per heavy atom. The second-order valence-corrected chi connectivity index (χ2v) is 7.09. The SMILES string of the molecule is CCO.Cc1cc(C)n(-c2cccc(Oc3cccc(-n4nc(C)cc4C)c3)c2)n1. The quantitative estimate of drug-likeness (QED) is 0.515. The molecule has 2 aromatic heterocycles. The molecule has 1 N–H and O–H groups in total. The molecule has 6 heteroatoms. The smallest absolute Gasteiger partial charge is 0.129 e. The highest BCUT2D eigenvalue weighted by atomic mass is 16.5. The summed E-state index contributed by atoms with van der Waals surface area (Å²) in [5.74, 6) is 1.54. The summed E-state index contributed by atoms with van der Waals surface area (Å²) in [6.07, 6.45) is 0. The zero-order chi connectivity index (χ0) is 21.7. The maximum absolute atomic E-state index is 7.57. The molecule has 6 nitrogen and oxygen atoms in total. The van der Waals surface area contributed by atoms with Crippen LogP contribution in [0.1, 0.15) is 29.7 Å². The van der Waals surface area contributed by atoms with Crippen molar-refractivity contribution in [1.29, 1.82) is 0 Å². The molecule has 4 aromatic rings. The van der Waals surface area contributed by atoms with Crippen molar-refractivity contribution < 1.29 is 9.84 Å². The fraction of sp³-hybridized carbons (Fsp3) is 0.250. The van der Waals surface area contributed by atoms with Crippen molar-refractivity contribution in [2.75, 3.05) is 6.61 Å². The Labute approximate surface area is 177 Å². The monoisotopic (exact) mass is 404 g/mol. The van der Waals surface area contributed by atoms with E-state index in [0.29, 0.717) is 0 Å². The van der Waals surface area contributed by atoms with Crippen LogP contribution in [0.4, 0.5) is 0 Å². The van der Waals surface area contributed by atoms with Gasteiger partial charge in [-0.25, -0.2) is 9.36 Å². The van der Waals surface area contributed by atoms with Gasteiger partial charge in [-0.05, 0) is 71.0 Å². The summed E-state index contributed by atoms with van der Waals surface area (Å²) in [7, 11) is 0. The molecule has 156 valence electrons. The maximum atomic E-state index is 7.57. The van der Waals surface area contributed by atoms with Gasteiger partial charge in [-0.2, -0.15) is 10.2 Å². The van der Waals surface area contributed by atoms with Gasteiger partial charge in [-0.1, -0.05) is 12.1 Å². The topological polar surface area (TPSA) is 65.1 Å². The van der Waals surface area contributed by atoms with Gasteiger partial charge in [0.25, 0.3) is 0 Å². The van der Waals surface area contributed by atoms with Crippen molar-refractivity contribution in [2.45, 2.75) is 34.6 Å². The molecule has 0 bridgehead atoms. The van der Waals surface area contributed by atoms with Crippen LogP contribution in [0.25, 0.3) is 11.4 Å². The Morgan fingerprint density at radius 2 is 1.13 bits per heavy atom. The van der Waals surface area contributed by atoms with Crippen molar-refractivity contribution in [3.63, 3.8) is 0 Å². The summed E-state index contributed by atoms with van der Waals surface area (Å²) < 4.78 is 9.96. The molecule has 0 unspecified atom stereocenters. The number of aromatic nitrogens is 4. The van der Waals surface area contributed by atoms with Crippen molar-refractivity contribution in [3.05, 3.63) is 83.4 Å². The summed E-state index contributed by atoms with van der Waals surface area (Å²) in [5, 5.41) is 16.7. The summed E-state index contributed by atoms with van der Waals surface area (Å²) in [4.78, 5) is 0. The standard InChI is InChI=1S/C22H22N4O.C2H6O/c1-15-11-17(3)25(23-15)19-7-5-9-21(13-19)27-22-10-6-8-20(14-22)26-18(4)12-16(2)24-26;1-2-3/h5-14H,1-4H3;3H,2H2,1H3. The first-order valence-electron chi connectivity index (χ1n) is 9.97. The number of aliphatic hydroxyl groups is 1. The minimum Gasteiger partial charge on any atom is -0.457 e. The molecule has 30 heavy (non-hydrogen) atoms. The number of ether oxygens (including phenoxy) is 1. The fourth-order valence-electron chi connectivity index (χ4n) is 3.27. The highest BCUT2D eigenvalue weighted by Crippen LogP contribution is 2.26. The van der Waals surface area contributed by atoms with E-state index in [1.54, 1.807) is 6.92 Å². The molecule has 0 aliphatic heterocycles. The van der Waals surface area contributed by atoms with E-state index in [2.05, 4.69) is 22.3 Å². The van der Waals surface area contributed by atoms with Gasteiger partial charge >= 0.3 is 0 Å². The first-order chi connectivity index (χ1) is 14.4.